The lowest BCUT2D eigenvalue weighted by molar-refractivity contribution is 0.638. The minimum atomic E-state index is -0.296. The summed E-state index contributed by atoms with van der Waals surface area (Å²) in [5.74, 6) is 0.263. The molecule has 0 aliphatic carbocycles. The molecular weight excluding hydrogens is 277 g/mol. The van der Waals surface area contributed by atoms with Crippen LogP contribution in [0.15, 0.2) is 54.9 Å². The second-order valence-electron chi connectivity index (χ2n) is 5.43. The maximum atomic E-state index is 14.0. The molecule has 1 unspecified atom stereocenters. The SMILES string of the molecule is CC(CCc1ccccc1)Nc1ncnc2cccc(F)c12. The predicted octanol–water partition coefficient (Wildman–Crippen LogP) is 4.20. The Morgan fingerprint density at radius 2 is 1.86 bits per heavy atom. The summed E-state index contributed by atoms with van der Waals surface area (Å²) in [5, 5.41) is 3.76. The van der Waals surface area contributed by atoms with E-state index in [0.29, 0.717) is 16.7 Å². The molecule has 0 bridgehead atoms. The highest BCUT2D eigenvalue weighted by Crippen LogP contribution is 2.23. The molecule has 3 nitrogen and oxygen atoms in total. The summed E-state index contributed by atoms with van der Waals surface area (Å²) in [4.78, 5) is 8.31. The third-order valence-corrected chi connectivity index (χ3v) is 3.70. The Balaban J connectivity index is 1.73. The molecular formula is C18H18FN3. The molecule has 3 aromatic rings. The van der Waals surface area contributed by atoms with Gasteiger partial charge in [0.05, 0.1) is 10.9 Å². The molecule has 1 heterocycles. The van der Waals surface area contributed by atoms with Gasteiger partial charge in [0.1, 0.15) is 18.0 Å². The molecule has 2 aromatic carbocycles. The van der Waals surface area contributed by atoms with E-state index in [4.69, 9.17) is 0 Å². The van der Waals surface area contributed by atoms with Crippen molar-refractivity contribution in [2.45, 2.75) is 25.8 Å². The van der Waals surface area contributed by atoms with Crippen molar-refractivity contribution in [1.82, 2.24) is 9.97 Å². The monoisotopic (exact) mass is 295 g/mol. The summed E-state index contributed by atoms with van der Waals surface area (Å²) in [6.07, 6.45) is 3.39. The normalized spacial score (nSPS) is 12.3. The maximum absolute atomic E-state index is 14.0. The zero-order valence-corrected chi connectivity index (χ0v) is 12.5. The topological polar surface area (TPSA) is 37.8 Å². The molecule has 112 valence electrons. The third-order valence-electron chi connectivity index (χ3n) is 3.70. The minimum Gasteiger partial charge on any atom is -0.367 e. The maximum Gasteiger partial charge on any atom is 0.140 e. The molecule has 3 rings (SSSR count). The van der Waals surface area contributed by atoms with Crippen molar-refractivity contribution < 1.29 is 4.39 Å². The smallest absolute Gasteiger partial charge is 0.140 e. The van der Waals surface area contributed by atoms with E-state index in [9.17, 15) is 4.39 Å². The van der Waals surface area contributed by atoms with Gasteiger partial charge in [-0.15, -0.1) is 0 Å². The number of rotatable bonds is 5. The molecule has 1 atom stereocenters. The van der Waals surface area contributed by atoms with Gasteiger partial charge in [0.15, 0.2) is 0 Å². The fourth-order valence-corrected chi connectivity index (χ4v) is 2.51. The van der Waals surface area contributed by atoms with Gasteiger partial charge in [0.2, 0.25) is 0 Å². The van der Waals surface area contributed by atoms with Crippen LogP contribution in [0, 0.1) is 5.82 Å². The number of hydrogen-bond acceptors (Lipinski definition) is 3. The Labute approximate surface area is 129 Å². The van der Waals surface area contributed by atoms with Crippen LogP contribution in [0.25, 0.3) is 10.9 Å². The Bertz CT molecular complexity index is 753. The first-order valence-electron chi connectivity index (χ1n) is 7.44. The van der Waals surface area contributed by atoms with Crippen molar-refractivity contribution in [3.8, 4) is 0 Å². The van der Waals surface area contributed by atoms with Crippen molar-refractivity contribution in [2.24, 2.45) is 0 Å². The second kappa shape index (κ2) is 6.52. The van der Waals surface area contributed by atoms with Crippen molar-refractivity contribution in [3.05, 3.63) is 66.2 Å². The Morgan fingerprint density at radius 3 is 2.68 bits per heavy atom. The van der Waals surface area contributed by atoms with E-state index < -0.39 is 0 Å². The van der Waals surface area contributed by atoms with Crippen LogP contribution in [0.5, 0.6) is 0 Å². The van der Waals surface area contributed by atoms with Crippen LogP contribution in [0.1, 0.15) is 18.9 Å². The molecule has 0 amide bonds. The first-order valence-corrected chi connectivity index (χ1v) is 7.44. The van der Waals surface area contributed by atoms with Crippen LogP contribution in [-0.2, 0) is 6.42 Å². The number of fused-ring (bicyclic) bond motifs is 1. The minimum absolute atomic E-state index is 0.193. The van der Waals surface area contributed by atoms with Crippen molar-refractivity contribution in [2.75, 3.05) is 5.32 Å². The quantitative estimate of drug-likeness (QED) is 0.766. The Morgan fingerprint density at radius 1 is 1.05 bits per heavy atom. The van der Waals surface area contributed by atoms with Gasteiger partial charge in [-0.05, 0) is 37.5 Å². The lowest BCUT2D eigenvalue weighted by Gasteiger charge is -2.16. The second-order valence-corrected chi connectivity index (χ2v) is 5.43. The average Bonchev–Trinajstić information content (AvgIpc) is 2.54. The third kappa shape index (κ3) is 3.22. The van der Waals surface area contributed by atoms with Crippen LogP contribution >= 0.6 is 0 Å². The number of nitrogens with one attached hydrogen (secondary N) is 1. The van der Waals surface area contributed by atoms with Crippen LogP contribution in [0.2, 0.25) is 0 Å². The van der Waals surface area contributed by atoms with Gasteiger partial charge in [-0.3, -0.25) is 0 Å². The van der Waals surface area contributed by atoms with Crippen LogP contribution in [0.4, 0.5) is 10.2 Å². The molecule has 0 saturated heterocycles. The van der Waals surface area contributed by atoms with Crippen LogP contribution < -0.4 is 5.32 Å². The van der Waals surface area contributed by atoms with Gasteiger partial charge in [-0.1, -0.05) is 36.4 Å². The van der Waals surface area contributed by atoms with E-state index >= 15 is 0 Å². The highest BCUT2D eigenvalue weighted by molar-refractivity contribution is 5.89. The highest BCUT2D eigenvalue weighted by Gasteiger charge is 2.11. The largest absolute Gasteiger partial charge is 0.367 e. The molecule has 1 N–H and O–H groups in total. The lowest BCUT2D eigenvalue weighted by atomic mass is 10.1. The van der Waals surface area contributed by atoms with Crippen molar-refractivity contribution in [3.63, 3.8) is 0 Å². The van der Waals surface area contributed by atoms with E-state index in [1.807, 2.05) is 18.2 Å². The lowest BCUT2D eigenvalue weighted by Crippen LogP contribution is -2.17. The summed E-state index contributed by atoms with van der Waals surface area (Å²) in [6, 6.07) is 15.4. The summed E-state index contributed by atoms with van der Waals surface area (Å²) in [5.41, 5.74) is 1.92. The van der Waals surface area contributed by atoms with Gasteiger partial charge in [0, 0.05) is 6.04 Å². The molecule has 0 aliphatic rings. The van der Waals surface area contributed by atoms with Gasteiger partial charge in [0.25, 0.3) is 0 Å². The van der Waals surface area contributed by atoms with Gasteiger partial charge in [-0.2, -0.15) is 0 Å². The number of anilines is 1. The molecule has 0 fully saturated rings. The Kier molecular flexibility index (Phi) is 4.28. The standard InChI is InChI=1S/C18H18FN3/c1-13(10-11-14-6-3-2-4-7-14)22-18-17-15(19)8-5-9-16(17)20-12-21-18/h2-9,12-13H,10-11H2,1H3,(H,20,21,22). The van der Waals surface area contributed by atoms with Crippen LogP contribution in [-0.4, -0.2) is 16.0 Å². The predicted molar refractivity (Wildman–Crippen MR) is 87.3 cm³/mol. The molecule has 0 radical (unpaired) electrons. The average molecular weight is 295 g/mol. The molecule has 22 heavy (non-hydrogen) atoms. The van der Waals surface area contributed by atoms with E-state index in [1.54, 1.807) is 12.1 Å². The van der Waals surface area contributed by atoms with E-state index in [1.165, 1.54) is 18.0 Å². The summed E-state index contributed by atoms with van der Waals surface area (Å²) < 4.78 is 14.0. The summed E-state index contributed by atoms with van der Waals surface area (Å²) in [7, 11) is 0. The van der Waals surface area contributed by atoms with Crippen molar-refractivity contribution in [1.29, 1.82) is 0 Å². The highest BCUT2D eigenvalue weighted by atomic mass is 19.1. The van der Waals surface area contributed by atoms with Gasteiger partial charge in [-0.25, -0.2) is 14.4 Å². The van der Waals surface area contributed by atoms with E-state index in [-0.39, 0.29) is 11.9 Å². The molecule has 0 aliphatic heterocycles. The fraction of sp³-hybridized carbons (Fsp3) is 0.222. The molecule has 1 aromatic heterocycles. The number of halogens is 1. The summed E-state index contributed by atoms with van der Waals surface area (Å²) >= 11 is 0. The molecule has 4 heteroatoms. The van der Waals surface area contributed by atoms with Crippen molar-refractivity contribution >= 4 is 16.7 Å². The molecule has 0 spiro atoms. The number of hydrogen-bond donors (Lipinski definition) is 1. The number of aryl methyl sites for hydroxylation is 1. The van der Waals surface area contributed by atoms with Gasteiger partial charge < -0.3 is 5.32 Å². The number of nitrogens with zero attached hydrogens (tertiary/aromatic N) is 2. The van der Waals surface area contributed by atoms with E-state index in [2.05, 4.69) is 34.3 Å². The number of aromatic nitrogens is 2. The fourth-order valence-electron chi connectivity index (χ4n) is 2.51. The number of benzene rings is 2. The summed E-state index contributed by atoms with van der Waals surface area (Å²) in [6.45, 7) is 2.08. The first kappa shape index (κ1) is 14.4. The zero-order valence-electron chi connectivity index (χ0n) is 12.5. The zero-order chi connectivity index (χ0) is 15.4. The van der Waals surface area contributed by atoms with Gasteiger partial charge >= 0.3 is 0 Å². The molecule has 0 saturated carbocycles. The first-order chi connectivity index (χ1) is 10.7. The Hall–Kier alpha value is -2.49. The van der Waals surface area contributed by atoms with Crippen LogP contribution in [0.3, 0.4) is 0 Å². The van der Waals surface area contributed by atoms with E-state index in [0.717, 1.165) is 12.8 Å².